The molecular weight excluding hydrogens is 128 g/mol. The molecule has 1 nitrogen and oxygen atoms in total. The van der Waals surface area contributed by atoms with Gasteiger partial charge in [0.2, 0.25) is 10.5 Å². The Morgan fingerprint density at radius 1 is 1.43 bits per heavy atom. The second kappa shape index (κ2) is 9.69. The minimum absolute atomic E-state index is 0.298. The first-order valence-electron chi connectivity index (χ1n) is 1.97. The van der Waals surface area contributed by atoms with E-state index in [-0.39, 0.29) is 0 Å². The Labute approximate surface area is 53.6 Å². The van der Waals surface area contributed by atoms with Gasteiger partial charge in [-0.05, 0) is 13.8 Å². The largest absolute Gasteiger partial charge is 0.416 e. The highest BCUT2D eigenvalue weighted by molar-refractivity contribution is 6.15. The van der Waals surface area contributed by atoms with E-state index in [4.69, 9.17) is 0 Å². The molecule has 0 heterocycles. The lowest BCUT2D eigenvalue weighted by Gasteiger charge is -1.94. The second-order valence-electron chi connectivity index (χ2n) is 1.17. The standard InChI is InChI=1S/C3H7OSi.CH3Cl/c1-3(2)4-5;1-2/h3H,1-2H3;1H3. The van der Waals surface area contributed by atoms with Crippen molar-refractivity contribution >= 4 is 22.1 Å². The Hall–Kier alpha value is 0.467. The van der Waals surface area contributed by atoms with Crippen molar-refractivity contribution in [2.75, 3.05) is 6.38 Å². The molecule has 0 saturated carbocycles. The summed E-state index contributed by atoms with van der Waals surface area (Å²) in [5.41, 5.74) is 0. The van der Waals surface area contributed by atoms with Gasteiger partial charge in [0.25, 0.3) is 0 Å². The second-order valence-corrected chi connectivity index (χ2v) is 1.40. The van der Waals surface area contributed by atoms with Gasteiger partial charge in [-0.1, -0.05) is 0 Å². The summed E-state index contributed by atoms with van der Waals surface area (Å²) < 4.78 is 4.56. The molecule has 3 heteroatoms. The van der Waals surface area contributed by atoms with Gasteiger partial charge in [0.15, 0.2) is 0 Å². The lowest BCUT2D eigenvalue weighted by molar-refractivity contribution is 0.267. The van der Waals surface area contributed by atoms with Gasteiger partial charge in [-0.2, -0.15) is 0 Å². The van der Waals surface area contributed by atoms with Gasteiger partial charge >= 0.3 is 0 Å². The summed E-state index contributed by atoms with van der Waals surface area (Å²) in [5, 5.41) is 0. The molecular formula is C4H10ClOSi. The molecule has 0 aliphatic carbocycles. The maximum Gasteiger partial charge on any atom is 0.246 e. The van der Waals surface area contributed by atoms with E-state index in [1.807, 2.05) is 13.8 Å². The van der Waals surface area contributed by atoms with Crippen molar-refractivity contribution in [2.45, 2.75) is 20.0 Å². The normalized spacial score (nSPS) is 7.71. The molecule has 3 radical (unpaired) electrons. The summed E-state index contributed by atoms with van der Waals surface area (Å²) in [7, 11) is 2.85. The van der Waals surface area contributed by atoms with Gasteiger partial charge in [0.1, 0.15) is 0 Å². The van der Waals surface area contributed by atoms with Crippen LogP contribution in [0.2, 0.25) is 0 Å². The molecule has 0 amide bonds. The fourth-order valence-electron chi connectivity index (χ4n) is 0. The van der Waals surface area contributed by atoms with Crippen LogP contribution in [0.25, 0.3) is 0 Å². The third-order valence-corrected chi connectivity index (χ3v) is 0.707. The predicted molar refractivity (Wildman–Crippen MR) is 33.8 cm³/mol. The van der Waals surface area contributed by atoms with E-state index in [0.717, 1.165) is 0 Å². The molecule has 0 saturated heterocycles. The van der Waals surface area contributed by atoms with E-state index in [1.165, 1.54) is 6.38 Å². The van der Waals surface area contributed by atoms with Crippen LogP contribution < -0.4 is 0 Å². The Balaban J connectivity index is 0. The summed E-state index contributed by atoms with van der Waals surface area (Å²) in [6, 6.07) is 0. The third kappa shape index (κ3) is 21.2. The molecule has 0 N–H and O–H groups in total. The zero-order valence-corrected chi connectivity index (χ0v) is 6.62. The number of halogens is 1. The maximum absolute atomic E-state index is 4.64. The maximum atomic E-state index is 4.64. The van der Waals surface area contributed by atoms with E-state index in [0.29, 0.717) is 6.10 Å². The van der Waals surface area contributed by atoms with Gasteiger partial charge in [0, 0.05) is 12.5 Å². The summed E-state index contributed by atoms with van der Waals surface area (Å²) in [6.07, 6.45) is 1.77. The van der Waals surface area contributed by atoms with Crippen molar-refractivity contribution < 1.29 is 4.43 Å². The monoisotopic (exact) mass is 137 g/mol. The summed E-state index contributed by atoms with van der Waals surface area (Å²) >= 11 is 4.64. The summed E-state index contributed by atoms with van der Waals surface area (Å²) in [5.74, 6) is 0. The Morgan fingerprint density at radius 3 is 1.57 bits per heavy atom. The highest BCUT2D eigenvalue weighted by atomic mass is 35.5. The topological polar surface area (TPSA) is 9.23 Å². The van der Waals surface area contributed by atoms with Crippen LogP contribution >= 0.6 is 11.6 Å². The molecule has 0 rings (SSSR count). The minimum atomic E-state index is 0.298. The van der Waals surface area contributed by atoms with E-state index in [1.54, 1.807) is 0 Å². The highest BCUT2D eigenvalue weighted by Crippen LogP contribution is 1.76. The minimum Gasteiger partial charge on any atom is -0.416 e. The van der Waals surface area contributed by atoms with E-state index < -0.39 is 0 Å². The molecule has 0 unspecified atom stereocenters. The highest BCUT2D eigenvalue weighted by Gasteiger charge is 1.78. The van der Waals surface area contributed by atoms with Crippen LogP contribution in [-0.2, 0) is 4.43 Å². The fraction of sp³-hybridized carbons (Fsp3) is 1.00. The van der Waals surface area contributed by atoms with Crippen molar-refractivity contribution in [3.8, 4) is 0 Å². The van der Waals surface area contributed by atoms with E-state index >= 15 is 0 Å². The Bertz CT molecular complexity index is 25.7. The van der Waals surface area contributed by atoms with Crippen LogP contribution in [0.3, 0.4) is 0 Å². The summed E-state index contributed by atoms with van der Waals surface area (Å²) in [6.45, 7) is 3.90. The average Bonchev–Trinajstić information content (AvgIpc) is 1.73. The number of hydrogen-bond donors (Lipinski definition) is 0. The number of hydrogen-bond acceptors (Lipinski definition) is 1. The first kappa shape index (κ1) is 10.4. The van der Waals surface area contributed by atoms with Crippen molar-refractivity contribution in [3.05, 3.63) is 0 Å². The van der Waals surface area contributed by atoms with Crippen molar-refractivity contribution in [1.82, 2.24) is 0 Å². The molecule has 0 aliphatic heterocycles. The molecule has 0 spiro atoms. The molecule has 43 valence electrons. The molecule has 0 aromatic rings. The van der Waals surface area contributed by atoms with Crippen LogP contribution in [0, 0.1) is 0 Å². The van der Waals surface area contributed by atoms with Gasteiger partial charge in [-0.3, -0.25) is 0 Å². The van der Waals surface area contributed by atoms with Gasteiger partial charge in [0.05, 0.1) is 0 Å². The zero-order valence-electron chi connectivity index (χ0n) is 4.86. The smallest absolute Gasteiger partial charge is 0.246 e. The van der Waals surface area contributed by atoms with Crippen LogP contribution in [0.4, 0.5) is 0 Å². The van der Waals surface area contributed by atoms with Crippen LogP contribution in [0.5, 0.6) is 0 Å². The average molecular weight is 138 g/mol. The molecule has 0 bridgehead atoms. The van der Waals surface area contributed by atoms with Gasteiger partial charge in [-0.15, -0.1) is 11.6 Å². The number of rotatable bonds is 1. The Morgan fingerprint density at radius 2 is 1.57 bits per heavy atom. The van der Waals surface area contributed by atoms with Crippen molar-refractivity contribution in [1.29, 1.82) is 0 Å². The first-order valence-corrected chi connectivity index (χ1v) is 3.14. The zero-order chi connectivity index (χ0) is 6.28. The molecule has 0 aromatic carbocycles. The van der Waals surface area contributed by atoms with E-state index in [2.05, 4.69) is 26.5 Å². The third-order valence-electron chi connectivity index (χ3n) is 0.236. The molecule has 0 aromatic heterocycles. The Kier molecular flexibility index (Phi) is 14.5. The molecule has 0 fully saturated rings. The first-order chi connectivity index (χ1) is 3.27. The van der Waals surface area contributed by atoms with Crippen LogP contribution in [-0.4, -0.2) is 23.0 Å². The predicted octanol–water partition coefficient (Wildman–Crippen LogP) is 1.35. The van der Waals surface area contributed by atoms with Crippen LogP contribution in [0.1, 0.15) is 13.8 Å². The molecule has 7 heavy (non-hydrogen) atoms. The number of alkyl halides is 1. The molecule has 0 aliphatic rings. The summed E-state index contributed by atoms with van der Waals surface area (Å²) in [4.78, 5) is 0. The van der Waals surface area contributed by atoms with Crippen molar-refractivity contribution in [3.63, 3.8) is 0 Å². The SMILES string of the molecule is CC(C)O[Si].CCl. The van der Waals surface area contributed by atoms with E-state index in [9.17, 15) is 0 Å². The lowest BCUT2D eigenvalue weighted by atomic mass is 10.5. The van der Waals surface area contributed by atoms with Gasteiger partial charge in [-0.25, -0.2) is 0 Å². The van der Waals surface area contributed by atoms with Crippen LogP contribution in [0.15, 0.2) is 0 Å². The quantitative estimate of drug-likeness (QED) is 0.392. The van der Waals surface area contributed by atoms with Crippen molar-refractivity contribution in [2.24, 2.45) is 0 Å². The molecule has 0 atom stereocenters. The fourth-order valence-corrected chi connectivity index (χ4v) is 0. The lowest BCUT2D eigenvalue weighted by Crippen LogP contribution is -1.95. The van der Waals surface area contributed by atoms with Gasteiger partial charge < -0.3 is 4.43 Å².